The fourth-order valence-corrected chi connectivity index (χ4v) is 2.03. The van der Waals surface area contributed by atoms with E-state index in [4.69, 9.17) is 5.73 Å². The van der Waals surface area contributed by atoms with Gasteiger partial charge in [0.2, 0.25) is 0 Å². The molecule has 1 aromatic rings. The first-order valence-electron chi connectivity index (χ1n) is 6.02. The molecule has 0 fully saturated rings. The average Bonchev–Trinajstić information content (AvgIpc) is 2.30. The van der Waals surface area contributed by atoms with Crippen LogP contribution in [0.15, 0.2) is 18.2 Å². The Balaban J connectivity index is 3.10. The maximum atomic E-state index is 13.2. The van der Waals surface area contributed by atoms with Crippen molar-refractivity contribution in [1.82, 2.24) is 4.90 Å². The normalized spacial score (nSPS) is 16.9. The number of nitrogens with two attached hydrogens (primary N) is 1. The van der Waals surface area contributed by atoms with E-state index in [1.165, 1.54) is 6.07 Å². The predicted octanol–water partition coefficient (Wildman–Crippen LogP) is 2.86. The Hall–Kier alpha value is -0.930. The van der Waals surface area contributed by atoms with Gasteiger partial charge in [-0.05, 0) is 51.6 Å². The van der Waals surface area contributed by atoms with Gasteiger partial charge < -0.3 is 10.6 Å². The van der Waals surface area contributed by atoms with Crippen molar-refractivity contribution >= 4 is 0 Å². The zero-order valence-corrected chi connectivity index (χ0v) is 11.4. The van der Waals surface area contributed by atoms with Crippen molar-refractivity contribution in [2.75, 3.05) is 14.1 Å². The van der Waals surface area contributed by atoms with E-state index in [0.717, 1.165) is 12.0 Å². The van der Waals surface area contributed by atoms with Gasteiger partial charge in [0.05, 0.1) is 0 Å². The van der Waals surface area contributed by atoms with Gasteiger partial charge in [-0.25, -0.2) is 4.39 Å². The number of hydrogen-bond acceptors (Lipinski definition) is 2. The first-order chi connectivity index (χ1) is 7.82. The fraction of sp³-hybridized carbons (Fsp3) is 0.571. The summed E-state index contributed by atoms with van der Waals surface area (Å²) in [5, 5.41) is 0. The molecule has 2 unspecified atom stereocenters. The molecule has 0 bridgehead atoms. The predicted molar refractivity (Wildman–Crippen MR) is 70.4 cm³/mol. The Labute approximate surface area is 104 Å². The lowest BCUT2D eigenvalue weighted by molar-refractivity contribution is 0.132. The summed E-state index contributed by atoms with van der Waals surface area (Å²) in [7, 11) is 4.06. The molecule has 0 amide bonds. The van der Waals surface area contributed by atoms with Crippen molar-refractivity contribution in [3.8, 4) is 0 Å². The second-order valence-electron chi connectivity index (χ2n) is 5.09. The van der Waals surface area contributed by atoms with Crippen LogP contribution in [0.4, 0.5) is 4.39 Å². The minimum Gasteiger partial charge on any atom is -0.322 e. The van der Waals surface area contributed by atoms with Crippen molar-refractivity contribution in [3.63, 3.8) is 0 Å². The third-order valence-electron chi connectivity index (χ3n) is 3.95. The standard InChI is InChI=1S/C14H23FN2/c1-6-14(3,17(4)5)13(16)11-7-8-12(15)10(2)9-11/h7-9,13H,6,16H2,1-5H3. The van der Waals surface area contributed by atoms with Crippen LogP contribution < -0.4 is 5.73 Å². The molecule has 0 aliphatic carbocycles. The van der Waals surface area contributed by atoms with Gasteiger partial charge in [0.1, 0.15) is 5.82 Å². The van der Waals surface area contributed by atoms with Gasteiger partial charge in [0.15, 0.2) is 0 Å². The molecule has 0 saturated carbocycles. The van der Waals surface area contributed by atoms with Gasteiger partial charge in [-0.1, -0.05) is 19.1 Å². The highest BCUT2D eigenvalue weighted by Crippen LogP contribution is 2.31. The maximum Gasteiger partial charge on any atom is 0.126 e. The van der Waals surface area contributed by atoms with Crippen LogP contribution in [-0.2, 0) is 0 Å². The zero-order valence-electron chi connectivity index (χ0n) is 11.4. The molecule has 2 atom stereocenters. The highest BCUT2D eigenvalue weighted by Gasteiger charge is 2.33. The molecule has 0 saturated heterocycles. The number of hydrogen-bond donors (Lipinski definition) is 1. The molecule has 17 heavy (non-hydrogen) atoms. The summed E-state index contributed by atoms with van der Waals surface area (Å²) >= 11 is 0. The molecule has 0 aliphatic heterocycles. The zero-order chi connectivity index (χ0) is 13.2. The quantitative estimate of drug-likeness (QED) is 0.874. The SMILES string of the molecule is CCC(C)(C(N)c1ccc(F)c(C)c1)N(C)C. The summed E-state index contributed by atoms with van der Waals surface area (Å²) in [5.74, 6) is -0.177. The maximum absolute atomic E-state index is 13.2. The second-order valence-corrected chi connectivity index (χ2v) is 5.09. The Morgan fingerprint density at radius 2 is 2.00 bits per heavy atom. The van der Waals surface area contributed by atoms with Crippen LogP contribution in [0.3, 0.4) is 0 Å². The lowest BCUT2D eigenvalue weighted by atomic mass is 9.84. The van der Waals surface area contributed by atoms with Crippen molar-refractivity contribution < 1.29 is 4.39 Å². The van der Waals surface area contributed by atoms with E-state index >= 15 is 0 Å². The Kier molecular flexibility index (Phi) is 4.28. The Morgan fingerprint density at radius 3 is 2.41 bits per heavy atom. The number of rotatable bonds is 4. The lowest BCUT2D eigenvalue weighted by Gasteiger charge is -2.41. The van der Waals surface area contributed by atoms with Gasteiger partial charge in [-0.3, -0.25) is 0 Å². The van der Waals surface area contributed by atoms with Crippen LogP contribution in [-0.4, -0.2) is 24.5 Å². The smallest absolute Gasteiger partial charge is 0.126 e. The Morgan fingerprint density at radius 1 is 1.41 bits per heavy atom. The molecule has 0 spiro atoms. The largest absolute Gasteiger partial charge is 0.322 e. The molecule has 0 aliphatic rings. The van der Waals surface area contributed by atoms with Gasteiger partial charge >= 0.3 is 0 Å². The minimum absolute atomic E-state index is 0.121. The van der Waals surface area contributed by atoms with Crippen LogP contribution in [0.5, 0.6) is 0 Å². The lowest BCUT2D eigenvalue weighted by Crippen LogP contribution is -2.49. The number of likely N-dealkylation sites (N-methyl/N-ethyl adjacent to an activating group) is 1. The molecular weight excluding hydrogens is 215 g/mol. The van der Waals surface area contributed by atoms with E-state index in [9.17, 15) is 4.39 Å². The summed E-state index contributed by atoms with van der Waals surface area (Å²) in [5.41, 5.74) is 7.86. The second kappa shape index (κ2) is 5.15. The van der Waals surface area contributed by atoms with E-state index in [-0.39, 0.29) is 17.4 Å². The molecule has 0 radical (unpaired) electrons. The first kappa shape index (κ1) is 14.1. The number of halogens is 1. The summed E-state index contributed by atoms with van der Waals surface area (Å²) in [6.45, 7) is 6.02. The van der Waals surface area contributed by atoms with E-state index in [0.29, 0.717) is 5.56 Å². The first-order valence-corrected chi connectivity index (χ1v) is 6.02. The van der Waals surface area contributed by atoms with Gasteiger partial charge in [-0.2, -0.15) is 0 Å². The van der Waals surface area contributed by atoms with Crippen molar-refractivity contribution in [1.29, 1.82) is 0 Å². The molecule has 3 heteroatoms. The highest BCUT2D eigenvalue weighted by molar-refractivity contribution is 5.28. The van der Waals surface area contributed by atoms with Crippen LogP contribution in [0.1, 0.15) is 37.4 Å². The van der Waals surface area contributed by atoms with Crippen molar-refractivity contribution in [2.24, 2.45) is 5.73 Å². The number of benzene rings is 1. The van der Waals surface area contributed by atoms with Crippen LogP contribution in [0.2, 0.25) is 0 Å². The fourth-order valence-electron chi connectivity index (χ4n) is 2.03. The third kappa shape index (κ3) is 2.67. The van der Waals surface area contributed by atoms with Crippen LogP contribution >= 0.6 is 0 Å². The molecule has 2 N–H and O–H groups in total. The number of aryl methyl sites for hydroxylation is 1. The number of nitrogens with zero attached hydrogens (tertiary/aromatic N) is 1. The Bertz CT molecular complexity index is 390. The highest BCUT2D eigenvalue weighted by atomic mass is 19.1. The molecule has 0 heterocycles. The monoisotopic (exact) mass is 238 g/mol. The summed E-state index contributed by atoms with van der Waals surface area (Å²) < 4.78 is 13.2. The van der Waals surface area contributed by atoms with Crippen LogP contribution in [0.25, 0.3) is 0 Å². The van der Waals surface area contributed by atoms with Crippen molar-refractivity contribution in [2.45, 2.75) is 38.8 Å². The van der Waals surface area contributed by atoms with Crippen LogP contribution in [0, 0.1) is 12.7 Å². The summed E-state index contributed by atoms with van der Waals surface area (Å²) in [6.07, 6.45) is 0.942. The molecular formula is C14H23FN2. The summed E-state index contributed by atoms with van der Waals surface area (Å²) in [4.78, 5) is 2.14. The average molecular weight is 238 g/mol. The molecule has 0 aromatic heterocycles. The minimum atomic E-state index is -0.177. The summed E-state index contributed by atoms with van der Waals surface area (Å²) in [6, 6.07) is 5.00. The van der Waals surface area contributed by atoms with E-state index in [1.54, 1.807) is 13.0 Å². The molecule has 96 valence electrons. The molecule has 2 nitrogen and oxygen atoms in total. The van der Waals surface area contributed by atoms with Gasteiger partial charge in [0, 0.05) is 11.6 Å². The van der Waals surface area contributed by atoms with Crippen molar-refractivity contribution in [3.05, 3.63) is 35.1 Å². The molecule has 1 aromatic carbocycles. The molecule has 1 rings (SSSR count). The topological polar surface area (TPSA) is 29.3 Å². The van der Waals surface area contributed by atoms with E-state index < -0.39 is 0 Å². The van der Waals surface area contributed by atoms with Gasteiger partial charge in [0.25, 0.3) is 0 Å². The third-order valence-corrected chi connectivity index (χ3v) is 3.95. The van der Waals surface area contributed by atoms with Gasteiger partial charge in [-0.15, -0.1) is 0 Å². The van der Waals surface area contributed by atoms with E-state index in [1.807, 2.05) is 20.2 Å². The van der Waals surface area contributed by atoms with E-state index in [2.05, 4.69) is 18.7 Å².